The van der Waals surface area contributed by atoms with Gasteiger partial charge < -0.3 is 4.98 Å². The highest BCUT2D eigenvalue weighted by Gasteiger charge is 1.92. The van der Waals surface area contributed by atoms with E-state index in [2.05, 4.69) is 46.4 Å². The first-order chi connectivity index (χ1) is 6.27. The molecule has 1 unspecified atom stereocenters. The van der Waals surface area contributed by atoms with Gasteiger partial charge in [0.25, 0.3) is 0 Å². The number of imidazole rings is 1. The zero-order valence-electron chi connectivity index (χ0n) is 8.46. The molecule has 0 saturated heterocycles. The van der Waals surface area contributed by atoms with Gasteiger partial charge in [0.15, 0.2) is 0 Å². The number of nitrogens with one attached hydrogen (secondary N) is 1. The normalized spacial score (nSPS) is 11.6. The molecule has 0 aliphatic carbocycles. The maximum atomic E-state index is 3.67. The number of aromatic nitrogens is 2. The van der Waals surface area contributed by atoms with E-state index in [1.807, 2.05) is 0 Å². The lowest BCUT2D eigenvalue weighted by molar-refractivity contribution is 0.673. The molecule has 0 aliphatic heterocycles. The second-order valence-electron chi connectivity index (χ2n) is 3.04. The minimum atomic E-state index is 0.874. The van der Waals surface area contributed by atoms with E-state index in [0.29, 0.717) is 0 Å². The monoisotopic (exact) mass is 294 g/mol. The van der Waals surface area contributed by atoms with Crippen molar-refractivity contribution in [2.75, 3.05) is 0 Å². The molecule has 1 aromatic heterocycles. The van der Waals surface area contributed by atoms with Gasteiger partial charge in [0.05, 0.1) is 6.33 Å². The van der Waals surface area contributed by atoms with E-state index in [4.69, 9.17) is 0 Å². The fourth-order valence-corrected chi connectivity index (χ4v) is 1.33. The predicted octanol–water partition coefficient (Wildman–Crippen LogP) is 3.80. The number of rotatable bonds is 4. The summed E-state index contributed by atoms with van der Waals surface area (Å²) < 4.78 is 0.874. The molecule has 0 spiro atoms. The number of nitrogens with zero attached hydrogens (tertiary/aromatic N) is 1. The van der Waals surface area contributed by atoms with Gasteiger partial charge in [-0.25, -0.2) is 4.98 Å². The van der Waals surface area contributed by atoms with E-state index in [1.54, 1.807) is 18.7 Å². The molecule has 1 N–H and O–H groups in total. The highest BCUT2D eigenvalue weighted by Crippen LogP contribution is 2.09. The number of alkyl halides is 1. The average Bonchev–Trinajstić information content (AvgIpc) is 2.61. The number of aromatic amines is 1. The van der Waals surface area contributed by atoms with Crippen molar-refractivity contribution in [3.05, 3.63) is 18.7 Å². The number of hydrogen-bond acceptors (Lipinski definition) is 1. The standard InChI is InChI=1S/C7H15I.C3H4N2/c1-3-4-5-6-7(2)8;1-2-5-3-4-1/h7H,3-6H2,1-2H3;1-3H,(H,4,5). The van der Waals surface area contributed by atoms with Crippen molar-refractivity contribution in [2.45, 2.75) is 43.5 Å². The van der Waals surface area contributed by atoms with Gasteiger partial charge in [-0.05, 0) is 6.42 Å². The van der Waals surface area contributed by atoms with Crippen LogP contribution in [0.4, 0.5) is 0 Å². The van der Waals surface area contributed by atoms with Crippen molar-refractivity contribution < 1.29 is 0 Å². The van der Waals surface area contributed by atoms with Crippen LogP contribution in [-0.4, -0.2) is 13.9 Å². The molecule has 2 nitrogen and oxygen atoms in total. The van der Waals surface area contributed by atoms with E-state index in [9.17, 15) is 0 Å². The van der Waals surface area contributed by atoms with Crippen molar-refractivity contribution >= 4 is 22.6 Å². The molecule has 0 amide bonds. The van der Waals surface area contributed by atoms with E-state index in [-0.39, 0.29) is 0 Å². The van der Waals surface area contributed by atoms with Gasteiger partial charge in [-0.1, -0.05) is 55.7 Å². The van der Waals surface area contributed by atoms with Crippen LogP contribution in [0.15, 0.2) is 18.7 Å². The molecule has 3 heteroatoms. The van der Waals surface area contributed by atoms with Crippen molar-refractivity contribution in [1.29, 1.82) is 0 Å². The molecule has 0 saturated carbocycles. The smallest absolute Gasteiger partial charge is 0.0919 e. The summed E-state index contributed by atoms with van der Waals surface area (Å²) >= 11 is 2.48. The largest absolute Gasteiger partial charge is 0.351 e. The van der Waals surface area contributed by atoms with Crippen molar-refractivity contribution in [3.63, 3.8) is 0 Å². The third-order valence-electron chi connectivity index (χ3n) is 1.61. The molecular weight excluding hydrogens is 275 g/mol. The number of halogens is 1. The maximum Gasteiger partial charge on any atom is 0.0919 e. The van der Waals surface area contributed by atoms with E-state index in [1.165, 1.54) is 25.7 Å². The fourth-order valence-electron chi connectivity index (χ4n) is 0.891. The first-order valence-corrected chi connectivity index (χ1v) is 6.08. The molecule has 1 atom stereocenters. The summed E-state index contributed by atoms with van der Waals surface area (Å²) in [7, 11) is 0. The first kappa shape index (κ1) is 12.9. The lowest BCUT2D eigenvalue weighted by atomic mass is 10.2. The summed E-state index contributed by atoms with van der Waals surface area (Å²) in [6.45, 7) is 4.52. The Balaban J connectivity index is 0.000000243. The molecule has 0 bridgehead atoms. The van der Waals surface area contributed by atoms with Crippen molar-refractivity contribution in [1.82, 2.24) is 9.97 Å². The van der Waals surface area contributed by atoms with Crippen molar-refractivity contribution in [3.8, 4) is 0 Å². The Bertz CT molecular complexity index is 144. The second kappa shape index (κ2) is 10.0. The molecule has 13 heavy (non-hydrogen) atoms. The van der Waals surface area contributed by atoms with Gasteiger partial charge in [-0.15, -0.1) is 0 Å². The Kier molecular flexibility index (Phi) is 9.98. The Morgan fingerprint density at radius 1 is 1.46 bits per heavy atom. The predicted molar refractivity (Wildman–Crippen MR) is 66.2 cm³/mol. The highest BCUT2D eigenvalue weighted by atomic mass is 127. The summed E-state index contributed by atoms with van der Waals surface area (Å²) in [5, 5.41) is 0. The Hall–Kier alpha value is -0.0600. The molecule has 1 heterocycles. The van der Waals surface area contributed by atoms with Crippen molar-refractivity contribution in [2.24, 2.45) is 0 Å². The topological polar surface area (TPSA) is 28.7 Å². The first-order valence-electron chi connectivity index (χ1n) is 4.84. The average molecular weight is 294 g/mol. The summed E-state index contributed by atoms with van der Waals surface area (Å²) in [5.41, 5.74) is 0. The SMILES string of the molecule is CCCCCC(C)I.c1c[nH]cn1. The lowest BCUT2D eigenvalue weighted by Crippen LogP contribution is -1.87. The van der Waals surface area contributed by atoms with Gasteiger partial charge in [0.2, 0.25) is 0 Å². The summed E-state index contributed by atoms with van der Waals surface area (Å²) in [4.78, 5) is 6.42. The van der Waals surface area contributed by atoms with Crippen LogP contribution < -0.4 is 0 Å². The van der Waals surface area contributed by atoms with Crippen LogP contribution in [0.1, 0.15) is 39.5 Å². The molecular formula is C10H19IN2. The zero-order valence-corrected chi connectivity index (χ0v) is 10.6. The number of H-pyrrole nitrogens is 1. The third-order valence-corrected chi connectivity index (χ3v) is 2.23. The Morgan fingerprint density at radius 3 is 2.54 bits per heavy atom. The summed E-state index contributed by atoms with van der Waals surface area (Å²) in [5.74, 6) is 0. The fraction of sp³-hybridized carbons (Fsp3) is 0.700. The van der Waals surface area contributed by atoms with Crippen LogP contribution in [0, 0.1) is 0 Å². The highest BCUT2D eigenvalue weighted by molar-refractivity contribution is 14.1. The molecule has 0 radical (unpaired) electrons. The molecule has 1 rings (SSSR count). The van der Waals surface area contributed by atoms with Crippen LogP contribution in [0.2, 0.25) is 0 Å². The van der Waals surface area contributed by atoms with E-state index in [0.717, 1.165) is 3.92 Å². The summed E-state index contributed by atoms with van der Waals surface area (Å²) in [6, 6.07) is 0. The van der Waals surface area contributed by atoms with Gasteiger partial charge in [0, 0.05) is 16.3 Å². The molecule has 0 aromatic carbocycles. The minimum absolute atomic E-state index is 0.874. The molecule has 76 valence electrons. The van der Waals surface area contributed by atoms with Crippen LogP contribution in [-0.2, 0) is 0 Å². The third kappa shape index (κ3) is 11.9. The molecule has 1 aromatic rings. The van der Waals surface area contributed by atoms with Gasteiger partial charge >= 0.3 is 0 Å². The van der Waals surface area contributed by atoms with E-state index >= 15 is 0 Å². The van der Waals surface area contributed by atoms with Crippen LogP contribution in [0.5, 0.6) is 0 Å². The van der Waals surface area contributed by atoms with Gasteiger partial charge in [0.1, 0.15) is 0 Å². The van der Waals surface area contributed by atoms with Gasteiger partial charge in [-0.2, -0.15) is 0 Å². The molecule has 0 aliphatic rings. The Labute approximate surface area is 94.7 Å². The lowest BCUT2D eigenvalue weighted by Gasteiger charge is -1.99. The van der Waals surface area contributed by atoms with Crippen LogP contribution >= 0.6 is 22.6 Å². The number of hydrogen-bond donors (Lipinski definition) is 1. The van der Waals surface area contributed by atoms with E-state index < -0.39 is 0 Å². The second-order valence-corrected chi connectivity index (χ2v) is 5.16. The zero-order chi connectivity index (χ0) is 9.94. The summed E-state index contributed by atoms with van der Waals surface area (Å²) in [6.07, 6.45) is 10.7. The number of unbranched alkanes of at least 4 members (excludes halogenated alkanes) is 2. The van der Waals surface area contributed by atoms with Gasteiger partial charge in [-0.3, -0.25) is 0 Å². The molecule has 0 fully saturated rings. The van der Waals surface area contributed by atoms with Crippen LogP contribution in [0.3, 0.4) is 0 Å². The Morgan fingerprint density at radius 2 is 2.23 bits per heavy atom. The minimum Gasteiger partial charge on any atom is -0.351 e. The quantitative estimate of drug-likeness (QED) is 0.511. The van der Waals surface area contributed by atoms with Crippen LogP contribution in [0.25, 0.3) is 0 Å². The maximum absolute atomic E-state index is 3.67.